The standard InChI is InChI=1S/C19H18ClFN2O2/c1-12(13-5-4-6-15(20)9-13)22-19(25)14-10-18(24)23(11-14)17-8-3-2-7-16(17)21/h2-9,12,14H,10-11H2,1H3,(H,22,25). The van der Waals surface area contributed by atoms with Crippen LogP contribution in [-0.4, -0.2) is 18.4 Å². The van der Waals surface area contributed by atoms with E-state index < -0.39 is 11.7 Å². The number of rotatable bonds is 4. The normalized spacial score (nSPS) is 18.3. The van der Waals surface area contributed by atoms with Gasteiger partial charge in [-0.25, -0.2) is 4.39 Å². The van der Waals surface area contributed by atoms with Gasteiger partial charge in [-0.2, -0.15) is 0 Å². The molecule has 6 heteroatoms. The number of para-hydroxylation sites is 1. The Balaban J connectivity index is 1.68. The Hall–Kier alpha value is -2.40. The zero-order valence-corrected chi connectivity index (χ0v) is 14.5. The molecule has 0 aromatic heterocycles. The SMILES string of the molecule is CC(NC(=O)C1CC(=O)N(c2ccccc2F)C1)c1cccc(Cl)c1. The van der Waals surface area contributed by atoms with Crippen LogP contribution in [0, 0.1) is 11.7 Å². The molecule has 1 heterocycles. The van der Waals surface area contributed by atoms with E-state index in [2.05, 4.69) is 5.32 Å². The lowest BCUT2D eigenvalue weighted by molar-refractivity contribution is -0.126. The molecular weight excluding hydrogens is 343 g/mol. The molecule has 0 bridgehead atoms. The summed E-state index contributed by atoms with van der Waals surface area (Å²) >= 11 is 5.97. The highest BCUT2D eigenvalue weighted by Gasteiger charge is 2.36. The lowest BCUT2D eigenvalue weighted by Gasteiger charge is -2.19. The van der Waals surface area contributed by atoms with Crippen molar-refractivity contribution in [2.24, 2.45) is 5.92 Å². The zero-order chi connectivity index (χ0) is 18.0. The first-order valence-corrected chi connectivity index (χ1v) is 8.44. The van der Waals surface area contributed by atoms with Crippen molar-refractivity contribution in [3.05, 3.63) is 64.9 Å². The molecule has 0 aliphatic carbocycles. The van der Waals surface area contributed by atoms with E-state index in [-0.39, 0.29) is 36.5 Å². The third-order valence-electron chi connectivity index (χ3n) is 4.35. The van der Waals surface area contributed by atoms with Gasteiger partial charge in [0.15, 0.2) is 0 Å². The zero-order valence-electron chi connectivity index (χ0n) is 13.7. The molecule has 4 nitrogen and oxygen atoms in total. The van der Waals surface area contributed by atoms with Gasteiger partial charge in [0.05, 0.1) is 17.6 Å². The highest BCUT2D eigenvalue weighted by molar-refractivity contribution is 6.30. The average molecular weight is 361 g/mol. The van der Waals surface area contributed by atoms with Crippen LogP contribution < -0.4 is 10.2 Å². The molecule has 1 aliphatic rings. The predicted octanol–water partition coefficient (Wildman–Crippen LogP) is 3.71. The van der Waals surface area contributed by atoms with Crippen LogP contribution in [0.2, 0.25) is 5.02 Å². The van der Waals surface area contributed by atoms with Gasteiger partial charge >= 0.3 is 0 Å². The molecule has 3 rings (SSSR count). The van der Waals surface area contributed by atoms with Crippen molar-refractivity contribution in [3.63, 3.8) is 0 Å². The summed E-state index contributed by atoms with van der Waals surface area (Å²) in [6.45, 7) is 2.03. The number of halogens is 2. The summed E-state index contributed by atoms with van der Waals surface area (Å²) in [6.07, 6.45) is 0.0719. The number of anilines is 1. The van der Waals surface area contributed by atoms with Crippen molar-refractivity contribution in [3.8, 4) is 0 Å². The van der Waals surface area contributed by atoms with E-state index in [1.807, 2.05) is 19.1 Å². The molecule has 0 saturated carbocycles. The maximum absolute atomic E-state index is 13.9. The number of hydrogen-bond donors (Lipinski definition) is 1. The van der Waals surface area contributed by atoms with E-state index in [9.17, 15) is 14.0 Å². The van der Waals surface area contributed by atoms with Crippen molar-refractivity contribution in [1.82, 2.24) is 5.32 Å². The molecule has 2 amide bonds. The van der Waals surface area contributed by atoms with Crippen molar-refractivity contribution >= 4 is 29.1 Å². The second-order valence-electron chi connectivity index (χ2n) is 6.14. The van der Waals surface area contributed by atoms with Crippen molar-refractivity contribution in [1.29, 1.82) is 0 Å². The van der Waals surface area contributed by atoms with Crippen LogP contribution in [-0.2, 0) is 9.59 Å². The summed E-state index contributed by atoms with van der Waals surface area (Å²) in [6, 6.07) is 13.1. The number of nitrogens with zero attached hydrogens (tertiary/aromatic N) is 1. The van der Waals surface area contributed by atoms with E-state index >= 15 is 0 Å². The lowest BCUT2D eigenvalue weighted by Crippen LogP contribution is -2.34. The molecule has 2 unspecified atom stereocenters. The van der Waals surface area contributed by atoms with Gasteiger partial charge in [0.2, 0.25) is 11.8 Å². The molecule has 0 spiro atoms. The second-order valence-corrected chi connectivity index (χ2v) is 6.58. The first kappa shape index (κ1) is 17.4. The first-order valence-electron chi connectivity index (χ1n) is 8.06. The Morgan fingerprint density at radius 2 is 2.04 bits per heavy atom. The highest BCUT2D eigenvalue weighted by atomic mass is 35.5. The molecule has 2 aromatic rings. The Kier molecular flexibility index (Phi) is 5.04. The average Bonchev–Trinajstić information content (AvgIpc) is 2.97. The summed E-state index contributed by atoms with van der Waals surface area (Å²) in [5.41, 5.74) is 1.10. The summed E-state index contributed by atoms with van der Waals surface area (Å²) in [7, 11) is 0. The van der Waals surface area contributed by atoms with Gasteiger partial charge < -0.3 is 10.2 Å². The fourth-order valence-electron chi connectivity index (χ4n) is 2.98. The van der Waals surface area contributed by atoms with Gasteiger partial charge in [-0.15, -0.1) is 0 Å². The van der Waals surface area contributed by atoms with E-state index in [0.717, 1.165) is 5.56 Å². The number of hydrogen-bond acceptors (Lipinski definition) is 2. The maximum atomic E-state index is 13.9. The number of benzene rings is 2. The van der Waals surface area contributed by atoms with Gasteiger partial charge in [0.1, 0.15) is 5.82 Å². The van der Waals surface area contributed by atoms with Gasteiger partial charge in [0, 0.05) is 18.0 Å². The largest absolute Gasteiger partial charge is 0.349 e. The van der Waals surface area contributed by atoms with Crippen LogP contribution in [0.15, 0.2) is 48.5 Å². The van der Waals surface area contributed by atoms with Crippen molar-refractivity contribution in [2.75, 3.05) is 11.4 Å². The van der Waals surface area contributed by atoms with E-state index in [4.69, 9.17) is 11.6 Å². The Bertz CT molecular complexity index is 812. The number of nitrogens with one attached hydrogen (secondary N) is 1. The van der Waals surface area contributed by atoms with Crippen LogP contribution in [0.25, 0.3) is 0 Å². The van der Waals surface area contributed by atoms with Gasteiger partial charge in [-0.3, -0.25) is 9.59 Å². The number of carbonyl (C=O) groups excluding carboxylic acids is 2. The van der Waals surface area contributed by atoms with Gasteiger partial charge in [0.25, 0.3) is 0 Å². The Morgan fingerprint density at radius 1 is 1.28 bits per heavy atom. The molecule has 25 heavy (non-hydrogen) atoms. The molecule has 1 saturated heterocycles. The second kappa shape index (κ2) is 7.23. The minimum absolute atomic E-state index is 0.0719. The minimum atomic E-state index is -0.506. The predicted molar refractivity (Wildman–Crippen MR) is 94.9 cm³/mol. The first-order chi connectivity index (χ1) is 12.0. The Morgan fingerprint density at radius 3 is 2.76 bits per heavy atom. The Labute approximate surface area is 150 Å². The third kappa shape index (κ3) is 3.82. The third-order valence-corrected chi connectivity index (χ3v) is 4.58. The smallest absolute Gasteiger partial charge is 0.227 e. The monoisotopic (exact) mass is 360 g/mol. The van der Waals surface area contributed by atoms with E-state index in [1.165, 1.54) is 11.0 Å². The molecule has 1 fully saturated rings. The van der Waals surface area contributed by atoms with E-state index in [0.29, 0.717) is 5.02 Å². The van der Waals surface area contributed by atoms with Crippen LogP contribution in [0.1, 0.15) is 24.9 Å². The van der Waals surface area contributed by atoms with Crippen LogP contribution in [0.4, 0.5) is 10.1 Å². The fourth-order valence-corrected chi connectivity index (χ4v) is 3.18. The fraction of sp³-hybridized carbons (Fsp3) is 0.263. The lowest BCUT2D eigenvalue weighted by atomic mass is 10.1. The van der Waals surface area contributed by atoms with Gasteiger partial charge in [-0.1, -0.05) is 35.9 Å². The summed E-state index contributed by atoms with van der Waals surface area (Å²) in [4.78, 5) is 26.0. The number of amides is 2. The minimum Gasteiger partial charge on any atom is -0.349 e. The molecule has 2 atom stereocenters. The molecular formula is C19H18ClFN2O2. The topological polar surface area (TPSA) is 49.4 Å². The maximum Gasteiger partial charge on any atom is 0.227 e. The molecule has 130 valence electrons. The van der Waals surface area contributed by atoms with Gasteiger partial charge in [-0.05, 0) is 36.8 Å². The van der Waals surface area contributed by atoms with Crippen molar-refractivity contribution < 1.29 is 14.0 Å². The van der Waals surface area contributed by atoms with Crippen LogP contribution in [0.3, 0.4) is 0 Å². The summed E-state index contributed by atoms with van der Waals surface area (Å²) < 4.78 is 13.9. The highest BCUT2D eigenvalue weighted by Crippen LogP contribution is 2.28. The molecule has 1 aliphatic heterocycles. The van der Waals surface area contributed by atoms with E-state index in [1.54, 1.807) is 30.3 Å². The number of carbonyl (C=O) groups is 2. The molecule has 0 radical (unpaired) electrons. The summed E-state index contributed by atoms with van der Waals surface area (Å²) in [5, 5.41) is 3.50. The van der Waals surface area contributed by atoms with Crippen LogP contribution in [0.5, 0.6) is 0 Å². The summed E-state index contributed by atoms with van der Waals surface area (Å²) in [5.74, 6) is -1.45. The molecule has 2 aromatic carbocycles. The van der Waals surface area contributed by atoms with Crippen LogP contribution >= 0.6 is 11.6 Å². The molecule has 1 N–H and O–H groups in total. The quantitative estimate of drug-likeness (QED) is 0.903. The van der Waals surface area contributed by atoms with Crippen molar-refractivity contribution in [2.45, 2.75) is 19.4 Å².